The Balaban J connectivity index is 1.93. The number of amides is 1. The van der Waals surface area contributed by atoms with Crippen LogP contribution in [-0.2, 0) is 9.53 Å². The van der Waals surface area contributed by atoms with Crippen LogP contribution in [0.25, 0.3) is 0 Å². The van der Waals surface area contributed by atoms with Gasteiger partial charge in [0.2, 0.25) is 5.91 Å². The van der Waals surface area contributed by atoms with Crippen molar-refractivity contribution in [2.45, 2.75) is 45.3 Å². The molecule has 0 bridgehead atoms. The second-order valence-electron chi connectivity index (χ2n) is 5.40. The van der Waals surface area contributed by atoms with Gasteiger partial charge in [-0.05, 0) is 39.7 Å². The summed E-state index contributed by atoms with van der Waals surface area (Å²) in [7, 11) is 0. The highest BCUT2D eigenvalue weighted by Crippen LogP contribution is 2.20. The summed E-state index contributed by atoms with van der Waals surface area (Å²) in [4.78, 5) is 14.5. The van der Waals surface area contributed by atoms with Gasteiger partial charge in [-0.25, -0.2) is 0 Å². The first-order valence-electron chi connectivity index (χ1n) is 6.80. The Morgan fingerprint density at radius 1 is 1.41 bits per heavy atom. The number of ether oxygens (including phenoxy) is 1. The number of carbonyl (C=O) groups is 1. The maximum Gasteiger partial charge on any atom is 0.225 e. The van der Waals surface area contributed by atoms with Crippen molar-refractivity contribution in [3.63, 3.8) is 0 Å². The van der Waals surface area contributed by atoms with Crippen molar-refractivity contribution in [1.82, 2.24) is 10.2 Å². The van der Waals surface area contributed by atoms with Gasteiger partial charge in [0, 0.05) is 31.7 Å². The lowest BCUT2D eigenvalue weighted by atomic mass is 9.92. The van der Waals surface area contributed by atoms with Gasteiger partial charge in [0.1, 0.15) is 0 Å². The highest BCUT2D eigenvalue weighted by atomic mass is 16.5. The lowest BCUT2D eigenvalue weighted by Gasteiger charge is -2.32. The average Bonchev–Trinajstić information content (AvgIpc) is 2.53. The lowest BCUT2D eigenvalue weighted by Crippen LogP contribution is -2.45. The second kappa shape index (κ2) is 5.83. The van der Waals surface area contributed by atoms with Crippen molar-refractivity contribution in [3.05, 3.63) is 0 Å². The van der Waals surface area contributed by atoms with Crippen LogP contribution in [0, 0.1) is 5.92 Å². The van der Waals surface area contributed by atoms with Crippen LogP contribution < -0.4 is 5.32 Å². The predicted molar refractivity (Wildman–Crippen MR) is 66.8 cm³/mol. The molecule has 1 amide bonds. The van der Waals surface area contributed by atoms with Crippen LogP contribution in [0.3, 0.4) is 0 Å². The summed E-state index contributed by atoms with van der Waals surface area (Å²) in [6, 6.07) is 0.471. The minimum atomic E-state index is 0.181. The van der Waals surface area contributed by atoms with Gasteiger partial charge in [-0.2, -0.15) is 0 Å². The number of hydrogen-bond donors (Lipinski definition) is 1. The Labute approximate surface area is 104 Å². The average molecular weight is 240 g/mol. The second-order valence-corrected chi connectivity index (χ2v) is 5.40. The topological polar surface area (TPSA) is 41.6 Å². The molecular weight excluding hydrogens is 216 g/mol. The van der Waals surface area contributed by atoms with Crippen molar-refractivity contribution >= 4 is 5.91 Å². The van der Waals surface area contributed by atoms with Crippen LogP contribution in [0.15, 0.2) is 0 Å². The van der Waals surface area contributed by atoms with Gasteiger partial charge in [-0.15, -0.1) is 0 Å². The summed E-state index contributed by atoms with van der Waals surface area (Å²) in [5.74, 6) is 0.562. The van der Waals surface area contributed by atoms with Crippen LogP contribution in [0.5, 0.6) is 0 Å². The van der Waals surface area contributed by atoms with E-state index in [4.69, 9.17) is 4.74 Å². The molecule has 2 aliphatic heterocycles. The van der Waals surface area contributed by atoms with Gasteiger partial charge in [0.05, 0.1) is 6.10 Å². The van der Waals surface area contributed by atoms with E-state index in [2.05, 4.69) is 19.2 Å². The van der Waals surface area contributed by atoms with Crippen LogP contribution in [0.2, 0.25) is 0 Å². The Kier molecular flexibility index (Phi) is 4.40. The number of hydrogen-bond acceptors (Lipinski definition) is 3. The summed E-state index contributed by atoms with van der Waals surface area (Å²) < 4.78 is 5.59. The Morgan fingerprint density at radius 3 is 3.00 bits per heavy atom. The van der Waals surface area contributed by atoms with Crippen molar-refractivity contribution in [3.8, 4) is 0 Å². The summed E-state index contributed by atoms with van der Waals surface area (Å²) in [6.45, 7) is 7.59. The highest BCUT2D eigenvalue weighted by Gasteiger charge is 2.29. The fourth-order valence-electron chi connectivity index (χ4n) is 2.81. The molecule has 0 aromatic carbocycles. The first-order chi connectivity index (χ1) is 8.16. The largest absolute Gasteiger partial charge is 0.377 e. The minimum Gasteiger partial charge on any atom is -0.377 e. The molecule has 98 valence electrons. The van der Waals surface area contributed by atoms with Gasteiger partial charge < -0.3 is 15.0 Å². The van der Waals surface area contributed by atoms with E-state index in [-0.39, 0.29) is 12.0 Å². The quantitative estimate of drug-likeness (QED) is 0.744. The zero-order chi connectivity index (χ0) is 12.3. The van der Waals surface area contributed by atoms with Crippen molar-refractivity contribution < 1.29 is 9.53 Å². The summed E-state index contributed by atoms with van der Waals surface area (Å²) in [5, 5.41) is 3.40. The molecule has 17 heavy (non-hydrogen) atoms. The Morgan fingerprint density at radius 2 is 2.24 bits per heavy atom. The monoisotopic (exact) mass is 240 g/mol. The molecule has 0 aromatic heterocycles. The molecular formula is C13H24N2O2. The van der Waals surface area contributed by atoms with Crippen LogP contribution in [0.1, 0.15) is 33.1 Å². The molecule has 4 nitrogen and oxygen atoms in total. The Bertz CT molecular complexity index is 270. The molecule has 0 spiro atoms. The lowest BCUT2D eigenvalue weighted by molar-refractivity contribution is -0.137. The number of rotatable bonds is 1. The summed E-state index contributed by atoms with van der Waals surface area (Å²) >= 11 is 0. The Hall–Kier alpha value is -0.610. The normalized spacial score (nSPS) is 35.4. The number of carbonyl (C=O) groups excluding carboxylic acids is 1. The zero-order valence-corrected chi connectivity index (χ0v) is 10.9. The maximum absolute atomic E-state index is 12.4. The maximum atomic E-state index is 12.4. The van der Waals surface area contributed by atoms with Crippen LogP contribution in [0.4, 0.5) is 0 Å². The molecule has 0 aromatic rings. The van der Waals surface area contributed by atoms with Crippen LogP contribution in [-0.4, -0.2) is 49.2 Å². The standard InChI is InChI=1S/C13H24N2O2/c1-10-8-12(4-5-14-10)13(16)15-6-3-7-17-11(2)9-15/h10-12,14H,3-9H2,1-2H3/t10-,11?,12-/m0/s1. The molecule has 2 fully saturated rings. The van der Waals surface area contributed by atoms with Crippen molar-refractivity contribution in [1.29, 1.82) is 0 Å². The summed E-state index contributed by atoms with van der Waals surface area (Å²) in [6.07, 6.45) is 3.11. The van der Waals surface area contributed by atoms with E-state index >= 15 is 0 Å². The molecule has 1 unspecified atom stereocenters. The van der Waals surface area contributed by atoms with Gasteiger partial charge >= 0.3 is 0 Å². The number of nitrogens with zero attached hydrogens (tertiary/aromatic N) is 1. The van der Waals surface area contributed by atoms with E-state index in [0.29, 0.717) is 11.9 Å². The molecule has 0 saturated carbocycles. The third kappa shape index (κ3) is 3.42. The van der Waals surface area contributed by atoms with Gasteiger partial charge in [0.25, 0.3) is 0 Å². The minimum absolute atomic E-state index is 0.181. The van der Waals surface area contributed by atoms with E-state index in [9.17, 15) is 4.79 Å². The van der Waals surface area contributed by atoms with E-state index in [1.807, 2.05) is 4.90 Å². The first kappa shape index (κ1) is 12.8. The van der Waals surface area contributed by atoms with E-state index in [1.54, 1.807) is 0 Å². The van der Waals surface area contributed by atoms with Crippen molar-refractivity contribution in [2.75, 3.05) is 26.2 Å². The van der Waals surface area contributed by atoms with E-state index in [1.165, 1.54) is 0 Å². The van der Waals surface area contributed by atoms with Gasteiger partial charge in [-0.3, -0.25) is 4.79 Å². The molecule has 2 heterocycles. The van der Waals surface area contributed by atoms with Gasteiger partial charge in [0.15, 0.2) is 0 Å². The fraction of sp³-hybridized carbons (Fsp3) is 0.923. The van der Waals surface area contributed by atoms with E-state index in [0.717, 1.165) is 45.5 Å². The molecule has 2 saturated heterocycles. The zero-order valence-electron chi connectivity index (χ0n) is 10.9. The molecule has 2 aliphatic rings. The smallest absolute Gasteiger partial charge is 0.225 e. The van der Waals surface area contributed by atoms with E-state index < -0.39 is 0 Å². The number of nitrogens with one attached hydrogen (secondary N) is 1. The SMILES string of the molecule is CC1CN(C(=O)[C@H]2CCN[C@@H](C)C2)CCCO1. The highest BCUT2D eigenvalue weighted by molar-refractivity contribution is 5.79. The van der Waals surface area contributed by atoms with Crippen molar-refractivity contribution in [2.24, 2.45) is 5.92 Å². The molecule has 1 N–H and O–H groups in total. The van der Waals surface area contributed by atoms with Crippen LogP contribution >= 0.6 is 0 Å². The predicted octanol–water partition coefficient (Wildman–Crippen LogP) is 1.01. The third-order valence-corrected chi connectivity index (χ3v) is 3.74. The molecule has 0 aliphatic carbocycles. The molecule has 4 heteroatoms. The molecule has 0 radical (unpaired) electrons. The molecule has 2 rings (SSSR count). The fourth-order valence-corrected chi connectivity index (χ4v) is 2.81. The first-order valence-corrected chi connectivity index (χ1v) is 6.80. The van der Waals surface area contributed by atoms with Gasteiger partial charge in [-0.1, -0.05) is 0 Å². The third-order valence-electron chi connectivity index (χ3n) is 3.74. The molecule has 3 atom stereocenters. The number of piperidine rings is 1. The summed E-state index contributed by atoms with van der Waals surface area (Å²) in [5.41, 5.74) is 0.